The second-order valence-electron chi connectivity index (χ2n) is 3.90. The van der Waals surface area contributed by atoms with E-state index in [4.69, 9.17) is 0 Å². The Morgan fingerprint density at radius 2 is 2.41 bits per heavy atom. The van der Waals surface area contributed by atoms with E-state index in [9.17, 15) is 0 Å². The van der Waals surface area contributed by atoms with Crippen LogP contribution < -0.4 is 5.32 Å². The summed E-state index contributed by atoms with van der Waals surface area (Å²) in [4.78, 5) is 4.49. The lowest BCUT2D eigenvalue weighted by Gasteiger charge is -2.21. The van der Waals surface area contributed by atoms with E-state index < -0.39 is 0 Å². The molecule has 1 unspecified atom stereocenters. The summed E-state index contributed by atoms with van der Waals surface area (Å²) in [6, 6.07) is 3.89. The first-order chi connectivity index (χ1) is 8.42. The van der Waals surface area contributed by atoms with E-state index in [1.54, 1.807) is 10.7 Å². The van der Waals surface area contributed by atoms with E-state index >= 15 is 0 Å². The van der Waals surface area contributed by atoms with Crippen molar-refractivity contribution in [2.24, 2.45) is 0 Å². The molecule has 3 rings (SSSR count). The van der Waals surface area contributed by atoms with Crippen molar-refractivity contribution >= 4 is 35.0 Å². The molecule has 1 N–H and O–H groups in total. The number of aromatic nitrogens is 3. The maximum absolute atomic E-state index is 4.49. The zero-order chi connectivity index (χ0) is 11.5. The summed E-state index contributed by atoms with van der Waals surface area (Å²) in [5, 5.41) is 8.24. The Labute approximate surface area is 109 Å². The van der Waals surface area contributed by atoms with Crippen molar-refractivity contribution in [2.45, 2.75) is 5.25 Å². The molecule has 0 spiro atoms. The number of nitrogens with zero attached hydrogens (tertiary/aromatic N) is 3. The van der Waals surface area contributed by atoms with Crippen LogP contribution in [0.4, 0.5) is 5.82 Å². The molecule has 0 aliphatic carbocycles. The van der Waals surface area contributed by atoms with Crippen LogP contribution in [0.2, 0.25) is 0 Å². The summed E-state index contributed by atoms with van der Waals surface area (Å²) in [5.41, 5.74) is 0.890. The molecule has 0 bridgehead atoms. The highest BCUT2D eigenvalue weighted by Crippen LogP contribution is 2.24. The summed E-state index contributed by atoms with van der Waals surface area (Å²) in [6.45, 7) is 0.995. The summed E-state index contributed by atoms with van der Waals surface area (Å²) < 4.78 is 1.77. The lowest BCUT2D eigenvalue weighted by atomic mass is 10.4. The molecular formula is C11H14N4S2. The third kappa shape index (κ3) is 2.69. The van der Waals surface area contributed by atoms with E-state index in [-0.39, 0.29) is 0 Å². The Kier molecular flexibility index (Phi) is 3.42. The molecule has 1 atom stereocenters. The quantitative estimate of drug-likeness (QED) is 0.920. The molecule has 0 saturated carbocycles. The Bertz CT molecular complexity index is 493. The third-order valence-electron chi connectivity index (χ3n) is 2.65. The molecule has 1 aliphatic heterocycles. The minimum Gasteiger partial charge on any atom is -0.369 e. The minimum absolute atomic E-state index is 0.705. The van der Waals surface area contributed by atoms with Gasteiger partial charge in [-0.15, -0.1) is 0 Å². The molecule has 6 heteroatoms. The third-order valence-corrected chi connectivity index (χ3v) is 5.50. The normalized spacial score (nSPS) is 20.6. The molecule has 1 saturated heterocycles. The maximum Gasteiger partial charge on any atom is 0.157 e. The van der Waals surface area contributed by atoms with Gasteiger partial charge in [0.1, 0.15) is 5.82 Å². The Hall–Kier alpha value is -0.880. The van der Waals surface area contributed by atoms with Crippen molar-refractivity contribution in [3.63, 3.8) is 0 Å². The Morgan fingerprint density at radius 1 is 1.41 bits per heavy atom. The van der Waals surface area contributed by atoms with E-state index in [1.165, 1.54) is 17.3 Å². The fourth-order valence-corrected chi connectivity index (χ4v) is 4.40. The average Bonchev–Trinajstić information content (AvgIpc) is 2.85. The number of thioether (sulfide) groups is 2. The monoisotopic (exact) mass is 266 g/mol. The fourth-order valence-electron chi connectivity index (χ4n) is 1.78. The van der Waals surface area contributed by atoms with Crippen LogP contribution in [0.5, 0.6) is 0 Å². The van der Waals surface area contributed by atoms with Crippen LogP contribution in [0.1, 0.15) is 0 Å². The molecule has 0 aromatic carbocycles. The highest BCUT2D eigenvalue weighted by Gasteiger charge is 2.13. The first kappa shape index (κ1) is 11.2. The molecule has 1 fully saturated rings. The summed E-state index contributed by atoms with van der Waals surface area (Å²) in [5.74, 6) is 4.74. The number of nitrogens with one attached hydrogen (secondary N) is 1. The summed E-state index contributed by atoms with van der Waals surface area (Å²) >= 11 is 4.11. The summed E-state index contributed by atoms with van der Waals surface area (Å²) in [7, 11) is 0. The van der Waals surface area contributed by atoms with Crippen LogP contribution in [0, 0.1) is 0 Å². The van der Waals surface area contributed by atoms with Crippen LogP contribution in [0.25, 0.3) is 5.65 Å². The number of fused-ring (bicyclic) bond motifs is 1. The second kappa shape index (κ2) is 5.18. The van der Waals surface area contributed by atoms with Crippen LogP contribution in [-0.4, -0.2) is 43.7 Å². The van der Waals surface area contributed by atoms with Crippen molar-refractivity contribution in [2.75, 3.05) is 29.1 Å². The summed E-state index contributed by atoms with van der Waals surface area (Å²) in [6.07, 6.45) is 3.70. The molecule has 2 aromatic heterocycles. The van der Waals surface area contributed by atoms with Gasteiger partial charge in [-0.05, 0) is 6.07 Å². The van der Waals surface area contributed by atoms with E-state index in [2.05, 4.69) is 27.2 Å². The lowest BCUT2D eigenvalue weighted by Crippen LogP contribution is -2.23. The second-order valence-corrected chi connectivity index (χ2v) is 6.45. The minimum atomic E-state index is 0.705. The lowest BCUT2D eigenvalue weighted by molar-refractivity contribution is 0.931. The molecular weight excluding hydrogens is 252 g/mol. The van der Waals surface area contributed by atoms with Crippen LogP contribution in [0.3, 0.4) is 0 Å². The molecule has 2 aromatic rings. The Morgan fingerprint density at radius 3 is 3.29 bits per heavy atom. The molecule has 4 nitrogen and oxygen atoms in total. The largest absolute Gasteiger partial charge is 0.369 e. The van der Waals surface area contributed by atoms with Crippen molar-refractivity contribution in [1.29, 1.82) is 0 Å². The van der Waals surface area contributed by atoms with Gasteiger partial charge in [-0.25, -0.2) is 9.50 Å². The van der Waals surface area contributed by atoms with E-state index in [0.717, 1.165) is 18.0 Å². The van der Waals surface area contributed by atoms with Gasteiger partial charge in [-0.3, -0.25) is 0 Å². The van der Waals surface area contributed by atoms with Crippen molar-refractivity contribution in [3.05, 3.63) is 24.5 Å². The van der Waals surface area contributed by atoms with Gasteiger partial charge in [0.2, 0.25) is 0 Å². The SMILES string of the molecule is c1cc2nc(NCC3CSCCS3)ccn2n1. The highest BCUT2D eigenvalue weighted by atomic mass is 32.2. The van der Waals surface area contributed by atoms with E-state index in [0.29, 0.717) is 5.25 Å². The van der Waals surface area contributed by atoms with Gasteiger partial charge >= 0.3 is 0 Å². The first-order valence-corrected chi connectivity index (χ1v) is 7.86. The zero-order valence-corrected chi connectivity index (χ0v) is 11.0. The molecule has 3 heterocycles. The molecule has 0 radical (unpaired) electrons. The topological polar surface area (TPSA) is 42.2 Å². The van der Waals surface area contributed by atoms with Gasteiger partial charge in [0.15, 0.2) is 5.65 Å². The number of anilines is 1. The van der Waals surface area contributed by atoms with Crippen molar-refractivity contribution < 1.29 is 0 Å². The first-order valence-electron chi connectivity index (χ1n) is 5.65. The molecule has 0 amide bonds. The van der Waals surface area contributed by atoms with Crippen LogP contribution in [0.15, 0.2) is 24.5 Å². The smallest absolute Gasteiger partial charge is 0.157 e. The van der Waals surface area contributed by atoms with Crippen LogP contribution >= 0.6 is 23.5 Å². The number of hydrogen-bond acceptors (Lipinski definition) is 5. The van der Waals surface area contributed by atoms with Crippen LogP contribution in [-0.2, 0) is 0 Å². The number of rotatable bonds is 3. The highest BCUT2D eigenvalue weighted by molar-refractivity contribution is 8.06. The van der Waals surface area contributed by atoms with Gasteiger partial charge in [-0.2, -0.15) is 28.6 Å². The fraction of sp³-hybridized carbons (Fsp3) is 0.455. The maximum atomic E-state index is 4.49. The van der Waals surface area contributed by atoms with Crippen molar-refractivity contribution in [3.8, 4) is 0 Å². The average molecular weight is 266 g/mol. The van der Waals surface area contributed by atoms with Gasteiger partial charge in [0.05, 0.1) is 6.20 Å². The molecule has 90 valence electrons. The zero-order valence-electron chi connectivity index (χ0n) is 9.37. The Balaban J connectivity index is 1.63. The van der Waals surface area contributed by atoms with Gasteiger partial charge in [-0.1, -0.05) is 0 Å². The van der Waals surface area contributed by atoms with E-state index in [1.807, 2.05) is 30.1 Å². The number of hydrogen-bond donors (Lipinski definition) is 1. The molecule has 1 aliphatic rings. The molecule has 17 heavy (non-hydrogen) atoms. The van der Waals surface area contributed by atoms with Gasteiger partial charge in [0.25, 0.3) is 0 Å². The predicted molar refractivity (Wildman–Crippen MR) is 75.0 cm³/mol. The standard InChI is InChI=1S/C11H14N4S2/c1-3-13-15-4-2-10(14-11(1)15)12-7-9-8-16-5-6-17-9/h1-4,9H,5-8H2,(H,12,14). The predicted octanol–water partition coefficient (Wildman–Crippen LogP) is 1.99. The van der Waals surface area contributed by atoms with Crippen molar-refractivity contribution in [1.82, 2.24) is 14.6 Å². The van der Waals surface area contributed by atoms with Gasteiger partial charge < -0.3 is 5.32 Å². The van der Waals surface area contributed by atoms with Gasteiger partial charge in [0, 0.05) is 41.3 Å².